The van der Waals surface area contributed by atoms with Gasteiger partial charge in [-0.05, 0) is 48.4 Å². The smallest absolute Gasteiger partial charge is 0.411 e. The van der Waals surface area contributed by atoms with E-state index >= 15 is 0 Å². The van der Waals surface area contributed by atoms with E-state index in [-0.39, 0.29) is 30.6 Å². The summed E-state index contributed by atoms with van der Waals surface area (Å²) in [5.74, 6) is 0.904. The molecule has 0 N–H and O–H groups in total. The number of nitrogens with zero attached hydrogens (tertiary/aromatic N) is 1. The minimum atomic E-state index is -0.359. The van der Waals surface area contributed by atoms with Crippen molar-refractivity contribution < 1.29 is 23.8 Å². The summed E-state index contributed by atoms with van der Waals surface area (Å²) in [4.78, 5) is 26.0. The molecule has 4 rings (SSSR count). The molecule has 3 aromatic rings. The van der Waals surface area contributed by atoms with E-state index < -0.39 is 0 Å². The fourth-order valence-corrected chi connectivity index (χ4v) is 4.25. The Bertz CT molecular complexity index is 1150. The molecule has 6 nitrogen and oxygen atoms in total. The standard InChI is InChI=1S/C26H24BrNO5/c1-17-25(19-8-4-3-5-9-19)33-26(30)28(17)16-20-15-21(27)11-12-23(20)32-22-10-6-7-18(13-22)14-24(29)31-2/h3-13,15,17,25H,14,16H2,1-2H3/t17-,25-/m1/s1. The summed E-state index contributed by atoms with van der Waals surface area (Å²) >= 11 is 3.51. The fraction of sp³-hybridized carbons (Fsp3) is 0.231. The van der Waals surface area contributed by atoms with E-state index in [2.05, 4.69) is 15.9 Å². The Morgan fingerprint density at radius 1 is 1.06 bits per heavy atom. The second-order valence-electron chi connectivity index (χ2n) is 7.84. The summed E-state index contributed by atoms with van der Waals surface area (Å²) in [5, 5.41) is 0. The van der Waals surface area contributed by atoms with Crippen molar-refractivity contribution in [3.05, 3.63) is 94.0 Å². The van der Waals surface area contributed by atoms with Crippen LogP contribution in [0.2, 0.25) is 0 Å². The van der Waals surface area contributed by atoms with Crippen LogP contribution in [0.1, 0.15) is 29.7 Å². The highest BCUT2D eigenvalue weighted by Crippen LogP contribution is 2.36. The molecule has 0 saturated carbocycles. The number of hydrogen-bond acceptors (Lipinski definition) is 5. The minimum Gasteiger partial charge on any atom is -0.469 e. The van der Waals surface area contributed by atoms with Gasteiger partial charge in [-0.25, -0.2) is 4.79 Å². The van der Waals surface area contributed by atoms with Crippen LogP contribution in [0.4, 0.5) is 4.79 Å². The molecule has 0 unspecified atom stereocenters. The monoisotopic (exact) mass is 509 g/mol. The number of methoxy groups -OCH3 is 1. The normalized spacial score (nSPS) is 17.5. The molecule has 170 valence electrons. The van der Waals surface area contributed by atoms with E-state index in [4.69, 9.17) is 14.2 Å². The van der Waals surface area contributed by atoms with Gasteiger partial charge < -0.3 is 14.2 Å². The minimum absolute atomic E-state index is 0.143. The Morgan fingerprint density at radius 3 is 2.61 bits per heavy atom. The summed E-state index contributed by atoms with van der Waals surface area (Å²) in [5.41, 5.74) is 2.59. The largest absolute Gasteiger partial charge is 0.469 e. The summed E-state index contributed by atoms with van der Waals surface area (Å²) in [6.07, 6.45) is -0.522. The van der Waals surface area contributed by atoms with Gasteiger partial charge in [0.05, 0.1) is 26.1 Å². The highest BCUT2D eigenvalue weighted by Gasteiger charge is 2.39. The molecular weight excluding hydrogens is 486 g/mol. The maximum atomic E-state index is 12.7. The molecule has 1 saturated heterocycles. The first-order chi connectivity index (χ1) is 15.9. The maximum absolute atomic E-state index is 12.7. The lowest BCUT2D eigenvalue weighted by Crippen LogP contribution is -2.31. The van der Waals surface area contributed by atoms with Crippen molar-refractivity contribution in [1.29, 1.82) is 0 Å². The predicted octanol–water partition coefficient (Wildman–Crippen LogP) is 6.04. The summed E-state index contributed by atoms with van der Waals surface area (Å²) in [6, 6.07) is 22.6. The van der Waals surface area contributed by atoms with Crippen molar-refractivity contribution in [3.63, 3.8) is 0 Å². The molecule has 1 aliphatic rings. The molecular formula is C26H24BrNO5. The maximum Gasteiger partial charge on any atom is 0.411 e. The SMILES string of the molecule is COC(=O)Cc1cccc(Oc2ccc(Br)cc2CN2C(=O)O[C@@H](c3ccccc3)[C@H]2C)c1. The van der Waals surface area contributed by atoms with Crippen molar-refractivity contribution in [2.24, 2.45) is 0 Å². The molecule has 0 radical (unpaired) electrons. The third kappa shape index (κ3) is 5.37. The lowest BCUT2D eigenvalue weighted by atomic mass is 10.0. The molecule has 1 aliphatic heterocycles. The molecule has 1 heterocycles. The van der Waals surface area contributed by atoms with Crippen molar-refractivity contribution in [2.75, 3.05) is 7.11 Å². The molecule has 3 aromatic carbocycles. The van der Waals surface area contributed by atoms with Crippen molar-refractivity contribution >= 4 is 28.0 Å². The number of carbonyl (C=O) groups is 2. The van der Waals surface area contributed by atoms with Gasteiger partial charge in [0.25, 0.3) is 0 Å². The number of rotatable bonds is 7. The van der Waals surface area contributed by atoms with Crippen LogP contribution >= 0.6 is 15.9 Å². The third-order valence-electron chi connectivity index (χ3n) is 5.59. The van der Waals surface area contributed by atoms with Crippen LogP contribution in [-0.2, 0) is 27.2 Å². The van der Waals surface area contributed by atoms with Crippen LogP contribution in [0.5, 0.6) is 11.5 Å². The van der Waals surface area contributed by atoms with Gasteiger partial charge in [0, 0.05) is 10.0 Å². The number of ether oxygens (including phenoxy) is 3. The summed E-state index contributed by atoms with van der Waals surface area (Å²) in [7, 11) is 1.36. The molecule has 0 spiro atoms. The third-order valence-corrected chi connectivity index (χ3v) is 6.08. The number of hydrogen-bond donors (Lipinski definition) is 0. The fourth-order valence-electron chi connectivity index (χ4n) is 3.84. The molecule has 0 aromatic heterocycles. The number of benzene rings is 3. The lowest BCUT2D eigenvalue weighted by Gasteiger charge is -2.22. The Morgan fingerprint density at radius 2 is 1.85 bits per heavy atom. The Balaban J connectivity index is 1.55. The number of amides is 1. The number of esters is 1. The van der Waals surface area contributed by atoms with Crippen molar-refractivity contribution in [3.8, 4) is 11.5 Å². The van der Waals surface area contributed by atoms with E-state index in [1.165, 1.54) is 7.11 Å². The first kappa shape index (κ1) is 22.9. The topological polar surface area (TPSA) is 65.1 Å². The van der Waals surface area contributed by atoms with Gasteiger partial charge in [0.15, 0.2) is 0 Å². The first-order valence-corrected chi connectivity index (χ1v) is 11.4. The van der Waals surface area contributed by atoms with Gasteiger partial charge in [0.1, 0.15) is 17.6 Å². The Kier molecular flexibility index (Phi) is 6.99. The zero-order valence-corrected chi connectivity index (χ0v) is 19.9. The highest BCUT2D eigenvalue weighted by atomic mass is 79.9. The number of cyclic esters (lactones) is 1. The van der Waals surface area contributed by atoms with Gasteiger partial charge in [-0.3, -0.25) is 9.69 Å². The van der Waals surface area contributed by atoms with E-state index in [1.54, 1.807) is 11.0 Å². The molecule has 33 heavy (non-hydrogen) atoms. The lowest BCUT2D eigenvalue weighted by molar-refractivity contribution is -0.139. The van der Waals surface area contributed by atoms with Crippen molar-refractivity contribution in [2.45, 2.75) is 32.0 Å². The Hall–Kier alpha value is -3.32. The molecule has 2 atom stereocenters. The molecule has 1 amide bonds. The number of carbonyl (C=O) groups excluding carboxylic acids is 2. The van der Waals surface area contributed by atoms with E-state index in [0.29, 0.717) is 18.0 Å². The van der Waals surface area contributed by atoms with E-state index in [0.717, 1.165) is 21.2 Å². The zero-order chi connectivity index (χ0) is 23.4. The van der Waals surface area contributed by atoms with Gasteiger partial charge in [0.2, 0.25) is 0 Å². The number of halogens is 1. The van der Waals surface area contributed by atoms with Crippen molar-refractivity contribution in [1.82, 2.24) is 4.90 Å². The zero-order valence-electron chi connectivity index (χ0n) is 18.4. The van der Waals surface area contributed by atoms with Gasteiger partial charge in [-0.15, -0.1) is 0 Å². The van der Waals surface area contributed by atoms with Crippen LogP contribution < -0.4 is 4.74 Å². The van der Waals surface area contributed by atoms with Crippen LogP contribution in [0.15, 0.2) is 77.3 Å². The van der Waals surface area contributed by atoms with Crippen LogP contribution in [-0.4, -0.2) is 30.1 Å². The van der Waals surface area contributed by atoms with Crippen LogP contribution in [0.3, 0.4) is 0 Å². The molecule has 1 fully saturated rings. The van der Waals surface area contributed by atoms with Gasteiger partial charge >= 0.3 is 12.1 Å². The average Bonchev–Trinajstić information content (AvgIpc) is 3.10. The second-order valence-corrected chi connectivity index (χ2v) is 8.75. The van der Waals surface area contributed by atoms with E-state index in [9.17, 15) is 9.59 Å². The Labute approximate surface area is 201 Å². The molecule has 0 bridgehead atoms. The highest BCUT2D eigenvalue weighted by molar-refractivity contribution is 9.10. The summed E-state index contributed by atoms with van der Waals surface area (Å²) in [6.45, 7) is 2.32. The van der Waals surface area contributed by atoms with E-state index in [1.807, 2.05) is 73.7 Å². The predicted molar refractivity (Wildman–Crippen MR) is 127 cm³/mol. The first-order valence-electron chi connectivity index (χ1n) is 10.6. The van der Waals surface area contributed by atoms with Gasteiger partial charge in [-0.1, -0.05) is 58.4 Å². The molecule has 7 heteroatoms. The average molecular weight is 510 g/mol. The van der Waals surface area contributed by atoms with Crippen LogP contribution in [0, 0.1) is 0 Å². The second kappa shape index (κ2) is 10.1. The van der Waals surface area contributed by atoms with Crippen LogP contribution in [0.25, 0.3) is 0 Å². The molecule has 0 aliphatic carbocycles. The van der Waals surface area contributed by atoms with Gasteiger partial charge in [-0.2, -0.15) is 0 Å². The quantitative estimate of drug-likeness (QED) is 0.363. The summed E-state index contributed by atoms with van der Waals surface area (Å²) < 4.78 is 17.5.